The molecular formula is C15H15BrN2O3. The number of benzene rings is 2. The lowest BCUT2D eigenvalue weighted by molar-refractivity contribution is -0.384. The van der Waals surface area contributed by atoms with Gasteiger partial charge in [0, 0.05) is 23.2 Å². The summed E-state index contributed by atoms with van der Waals surface area (Å²) < 4.78 is 6.64. The summed E-state index contributed by atoms with van der Waals surface area (Å²) in [6.07, 6.45) is 0. The minimum atomic E-state index is -0.435. The van der Waals surface area contributed by atoms with Crippen molar-refractivity contribution in [3.63, 3.8) is 0 Å². The molecule has 0 radical (unpaired) electrons. The lowest BCUT2D eigenvalue weighted by atomic mass is 10.2. The van der Waals surface area contributed by atoms with Crippen LogP contribution in [0.3, 0.4) is 0 Å². The standard InChI is InChI=1S/C15H15BrN2O3/c1-2-17-10-11-3-6-14(9-15(11)16)21-13-7-4-12(5-8-13)18(19)20/h3-9,17H,2,10H2,1H3. The zero-order valence-electron chi connectivity index (χ0n) is 11.5. The fraction of sp³-hybridized carbons (Fsp3) is 0.200. The molecule has 0 spiro atoms. The van der Waals surface area contributed by atoms with Gasteiger partial charge in [-0.05, 0) is 36.4 Å². The molecule has 0 aliphatic heterocycles. The Morgan fingerprint density at radius 2 is 1.86 bits per heavy atom. The van der Waals surface area contributed by atoms with Crippen molar-refractivity contribution in [1.29, 1.82) is 0 Å². The Morgan fingerprint density at radius 1 is 1.19 bits per heavy atom. The highest BCUT2D eigenvalue weighted by atomic mass is 79.9. The maximum Gasteiger partial charge on any atom is 0.269 e. The summed E-state index contributed by atoms with van der Waals surface area (Å²) in [6.45, 7) is 3.75. The van der Waals surface area contributed by atoms with E-state index in [1.165, 1.54) is 12.1 Å². The average Bonchev–Trinajstić information content (AvgIpc) is 2.47. The number of hydrogen-bond donors (Lipinski definition) is 1. The van der Waals surface area contributed by atoms with Crippen LogP contribution in [0.5, 0.6) is 11.5 Å². The van der Waals surface area contributed by atoms with Crippen LogP contribution in [-0.2, 0) is 6.54 Å². The second kappa shape index (κ2) is 7.19. The van der Waals surface area contributed by atoms with Crippen LogP contribution in [-0.4, -0.2) is 11.5 Å². The van der Waals surface area contributed by atoms with Gasteiger partial charge in [0.25, 0.3) is 5.69 Å². The van der Waals surface area contributed by atoms with Crippen LogP contribution in [0.4, 0.5) is 5.69 Å². The second-order valence-corrected chi connectivity index (χ2v) is 5.24. The zero-order valence-corrected chi connectivity index (χ0v) is 13.1. The Bertz CT molecular complexity index is 629. The summed E-state index contributed by atoms with van der Waals surface area (Å²) in [5, 5.41) is 13.8. The van der Waals surface area contributed by atoms with Gasteiger partial charge in [0.15, 0.2) is 0 Å². The van der Waals surface area contributed by atoms with E-state index < -0.39 is 4.92 Å². The molecule has 21 heavy (non-hydrogen) atoms. The molecule has 1 N–H and O–H groups in total. The molecule has 2 aromatic carbocycles. The summed E-state index contributed by atoms with van der Waals surface area (Å²) in [5.41, 5.74) is 1.19. The zero-order chi connectivity index (χ0) is 15.2. The van der Waals surface area contributed by atoms with Gasteiger partial charge >= 0.3 is 0 Å². The van der Waals surface area contributed by atoms with Crippen molar-refractivity contribution in [2.45, 2.75) is 13.5 Å². The molecule has 0 amide bonds. The summed E-state index contributed by atoms with van der Waals surface area (Å²) >= 11 is 3.51. The van der Waals surface area contributed by atoms with Crippen molar-refractivity contribution in [1.82, 2.24) is 5.32 Å². The molecule has 2 aromatic rings. The summed E-state index contributed by atoms with van der Waals surface area (Å²) in [4.78, 5) is 10.2. The average molecular weight is 351 g/mol. The Labute approximate surface area is 131 Å². The number of nitrogens with zero attached hydrogens (tertiary/aromatic N) is 1. The highest BCUT2D eigenvalue weighted by Crippen LogP contribution is 2.28. The monoisotopic (exact) mass is 350 g/mol. The van der Waals surface area contributed by atoms with Crippen molar-refractivity contribution in [2.75, 3.05) is 6.54 Å². The molecule has 0 aliphatic rings. The Morgan fingerprint density at radius 3 is 2.43 bits per heavy atom. The van der Waals surface area contributed by atoms with Crippen LogP contribution in [0.1, 0.15) is 12.5 Å². The van der Waals surface area contributed by atoms with Crippen molar-refractivity contribution in [2.24, 2.45) is 0 Å². The van der Waals surface area contributed by atoms with Gasteiger partial charge in [0.1, 0.15) is 11.5 Å². The first-order chi connectivity index (χ1) is 10.1. The molecule has 0 aliphatic carbocycles. The number of nitrogens with one attached hydrogen (secondary N) is 1. The first-order valence-corrected chi connectivity index (χ1v) is 7.31. The van der Waals surface area contributed by atoms with Crippen LogP contribution in [0.15, 0.2) is 46.9 Å². The van der Waals surface area contributed by atoms with E-state index in [0.29, 0.717) is 11.5 Å². The highest BCUT2D eigenvalue weighted by Gasteiger charge is 2.06. The van der Waals surface area contributed by atoms with Gasteiger partial charge in [-0.25, -0.2) is 0 Å². The third-order valence-electron chi connectivity index (χ3n) is 2.87. The molecule has 0 atom stereocenters. The Hall–Kier alpha value is -1.92. The Kier molecular flexibility index (Phi) is 5.30. The van der Waals surface area contributed by atoms with Gasteiger partial charge in [0.2, 0.25) is 0 Å². The van der Waals surface area contributed by atoms with E-state index in [1.54, 1.807) is 12.1 Å². The maximum absolute atomic E-state index is 10.6. The van der Waals surface area contributed by atoms with E-state index in [1.807, 2.05) is 18.2 Å². The fourth-order valence-electron chi connectivity index (χ4n) is 1.77. The van der Waals surface area contributed by atoms with E-state index in [4.69, 9.17) is 4.74 Å². The molecule has 110 valence electrons. The predicted molar refractivity (Wildman–Crippen MR) is 84.7 cm³/mol. The number of hydrogen-bond acceptors (Lipinski definition) is 4. The van der Waals surface area contributed by atoms with Crippen molar-refractivity contribution < 1.29 is 9.66 Å². The largest absolute Gasteiger partial charge is 0.457 e. The van der Waals surface area contributed by atoms with Crippen LogP contribution in [0.2, 0.25) is 0 Å². The molecule has 5 nitrogen and oxygen atoms in total. The predicted octanol–water partition coefficient (Wildman–Crippen LogP) is 4.26. The van der Waals surface area contributed by atoms with Crippen LogP contribution in [0, 0.1) is 10.1 Å². The first-order valence-electron chi connectivity index (χ1n) is 6.51. The van der Waals surface area contributed by atoms with Gasteiger partial charge < -0.3 is 10.1 Å². The minimum Gasteiger partial charge on any atom is -0.457 e. The highest BCUT2D eigenvalue weighted by molar-refractivity contribution is 9.10. The van der Waals surface area contributed by atoms with Gasteiger partial charge in [-0.15, -0.1) is 0 Å². The molecule has 0 heterocycles. The normalized spacial score (nSPS) is 10.4. The van der Waals surface area contributed by atoms with E-state index in [0.717, 1.165) is 23.1 Å². The van der Waals surface area contributed by atoms with Gasteiger partial charge in [-0.3, -0.25) is 10.1 Å². The van der Waals surface area contributed by atoms with Gasteiger partial charge in [-0.2, -0.15) is 0 Å². The van der Waals surface area contributed by atoms with Gasteiger partial charge in [-0.1, -0.05) is 28.9 Å². The third-order valence-corrected chi connectivity index (χ3v) is 3.61. The van der Waals surface area contributed by atoms with Crippen molar-refractivity contribution >= 4 is 21.6 Å². The van der Waals surface area contributed by atoms with Crippen LogP contribution < -0.4 is 10.1 Å². The molecule has 0 aromatic heterocycles. The lowest BCUT2D eigenvalue weighted by Crippen LogP contribution is -2.11. The lowest BCUT2D eigenvalue weighted by Gasteiger charge is -2.09. The number of rotatable bonds is 6. The Balaban J connectivity index is 2.09. The van der Waals surface area contributed by atoms with Crippen molar-refractivity contribution in [3.05, 3.63) is 62.6 Å². The number of halogens is 1. The molecule has 0 bridgehead atoms. The fourth-order valence-corrected chi connectivity index (χ4v) is 2.26. The van der Waals surface area contributed by atoms with Crippen LogP contribution >= 0.6 is 15.9 Å². The number of non-ortho nitro benzene ring substituents is 1. The topological polar surface area (TPSA) is 64.4 Å². The number of nitro groups is 1. The molecule has 2 rings (SSSR count). The minimum absolute atomic E-state index is 0.0459. The first kappa shape index (κ1) is 15.5. The second-order valence-electron chi connectivity index (χ2n) is 4.39. The molecular weight excluding hydrogens is 336 g/mol. The summed E-state index contributed by atoms with van der Waals surface area (Å²) in [6, 6.07) is 11.7. The molecule has 6 heteroatoms. The summed E-state index contributed by atoms with van der Waals surface area (Å²) in [7, 11) is 0. The third kappa shape index (κ3) is 4.27. The van der Waals surface area contributed by atoms with E-state index in [9.17, 15) is 10.1 Å². The molecule has 0 unspecified atom stereocenters. The smallest absolute Gasteiger partial charge is 0.269 e. The number of nitro benzene ring substituents is 1. The summed E-state index contributed by atoms with van der Waals surface area (Å²) in [5.74, 6) is 1.24. The quantitative estimate of drug-likeness (QED) is 0.624. The molecule has 0 fully saturated rings. The molecule has 0 saturated heterocycles. The van der Waals surface area contributed by atoms with Crippen molar-refractivity contribution in [3.8, 4) is 11.5 Å². The molecule has 0 saturated carbocycles. The number of ether oxygens (including phenoxy) is 1. The van der Waals surface area contributed by atoms with Gasteiger partial charge in [0.05, 0.1) is 4.92 Å². The van der Waals surface area contributed by atoms with Crippen LogP contribution in [0.25, 0.3) is 0 Å². The SMILES string of the molecule is CCNCc1ccc(Oc2ccc([N+](=O)[O-])cc2)cc1Br. The van der Waals surface area contributed by atoms with E-state index in [2.05, 4.69) is 28.2 Å². The van der Waals surface area contributed by atoms with E-state index in [-0.39, 0.29) is 5.69 Å². The maximum atomic E-state index is 10.6. The van der Waals surface area contributed by atoms with E-state index >= 15 is 0 Å².